The summed E-state index contributed by atoms with van der Waals surface area (Å²) in [6, 6.07) is -0.989. The second-order valence-electron chi connectivity index (χ2n) is 3.70. The maximum absolute atomic E-state index is 11.3. The van der Waals surface area contributed by atoms with Crippen molar-refractivity contribution in [3.8, 4) is 0 Å². The first kappa shape index (κ1) is 15.4. The molecule has 0 bridgehead atoms. The molecule has 0 aromatic rings. The Kier molecular flexibility index (Phi) is 7.75. The lowest BCUT2D eigenvalue weighted by Crippen LogP contribution is -2.41. The van der Waals surface area contributed by atoms with Gasteiger partial charge in [-0.1, -0.05) is 6.92 Å². The van der Waals surface area contributed by atoms with Crippen LogP contribution in [-0.4, -0.2) is 35.5 Å². The molecule has 0 aromatic heterocycles. The third-order valence-electron chi connectivity index (χ3n) is 2.14. The summed E-state index contributed by atoms with van der Waals surface area (Å²) in [6.07, 6.45) is 1.16. The van der Waals surface area contributed by atoms with E-state index in [0.29, 0.717) is 19.4 Å². The molecule has 0 fully saturated rings. The highest BCUT2D eigenvalue weighted by atomic mass is 16.4. The fraction of sp³-hybridized carbons (Fsp3) is 0.727. The van der Waals surface area contributed by atoms with E-state index in [4.69, 9.17) is 5.11 Å². The number of carboxylic acids is 1. The minimum absolute atomic E-state index is 0.0945. The molecule has 0 aliphatic heterocycles. The van der Waals surface area contributed by atoms with E-state index < -0.39 is 12.0 Å². The molecule has 3 N–H and O–H groups in total. The van der Waals surface area contributed by atoms with Crippen molar-refractivity contribution in [1.82, 2.24) is 10.6 Å². The minimum Gasteiger partial charge on any atom is -0.480 e. The lowest BCUT2D eigenvalue weighted by Gasteiger charge is -2.13. The highest BCUT2D eigenvalue weighted by molar-refractivity contribution is 5.84. The number of carbonyl (C=O) groups is 3. The average Bonchev–Trinajstić information content (AvgIpc) is 2.24. The van der Waals surface area contributed by atoms with E-state index in [2.05, 4.69) is 10.6 Å². The Hall–Kier alpha value is -1.59. The van der Waals surface area contributed by atoms with Crippen molar-refractivity contribution in [2.75, 3.05) is 6.54 Å². The van der Waals surface area contributed by atoms with Crippen LogP contribution in [0, 0.1) is 0 Å². The van der Waals surface area contributed by atoms with Crippen LogP contribution in [0.1, 0.15) is 39.5 Å². The quantitative estimate of drug-likeness (QED) is 0.571. The smallest absolute Gasteiger partial charge is 0.326 e. The van der Waals surface area contributed by atoms with Crippen molar-refractivity contribution in [3.05, 3.63) is 0 Å². The lowest BCUT2D eigenvalue weighted by molar-refractivity contribution is -0.142. The molecule has 0 aromatic carbocycles. The molecule has 0 saturated heterocycles. The molecule has 98 valence electrons. The van der Waals surface area contributed by atoms with E-state index >= 15 is 0 Å². The monoisotopic (exact) mass is 244 g/mol. The van der Waals surface area contributed by atoms with Crippen molar-refractivity contribution >= 4 is 17.8 Å². The fourth-order valence-electron chi connectivity index (χ4n) is 1.31. The summed E-state index contributed by atoms with van der Waals surface area (Å²) in [5.41, 5.74) is 0. The zero-order chi connectivity index (χ0) is 13.3. The van der Waals surface area contributed by atoms with Gasteiger partial charge < -0.3 is 15.7 Å². The number of amides is 2. The first-order valence-electron chi connectivity index (χ1n) is 5.80. The van der Waals surface area contributed by atoms with Gasteiger partial charge in [-0.25, -0.2) is 4.79 Å². The Morgan fingerprint density at radius 3 is 2.24 bits per heavy atom. The SMILES string of the molecule is CCCC(=O)NC(CCC(=O)NCC)C(=O)O. The Bertz CT molecular complexity index is 279. The molecule has 1 unspecified atom stereocenters. The van der Waals surface area contributed by atoms with Crippen LogP contribution >= 0.6 is 0 Å². The van der Waals surface area contributed by atoms with Crippen molar-refractivity contribution in [2.45, 2.75) is 45.6 Å². The van der Waals surface area contributed by atoms with E-state index in [1.807, 2.05) is 6.92 Å². The number of carbonyl (C=O) groups excluding carboxylic acids is 2. The minimum atomic E-state index is -1.11. The zero-order valence-corrected chi connectivity index (χ0v) is 10.3. The standard InChI is InChI=1S/C11H20N2O4/c1-3-5-10(15)13-8(11(16)17)6-7-9(14)12-4-2/h8H,3-7H2,1-2H3,(H,12,14)(H,13,15)(H,16,17). The Balaban J connectivity index is 4.11. The van der Waals surface area contributed by atoms with Gasteiger partial charge in [0.25, 0.3) is 0 Å². The number of carboxylic acid groups (broad SMARTS) is 1. The highest BCUT2D eigenvalue weighted by Crippen LogP contribution is 1.99. The van der Waals surface area contributed by atoms with Gasteiger partial charge in [0.2, 0.25) is 11.8 Å². The van der Waals surface area contributed by atoms with Crippen molar-refractivity contribution < 1.29 is 19.5 Å². The van der Waals surface area contributed by atoms with Gasteiger partial charge in [-0.3, -0.25) is 9.59 Å². The first-order chi connectivity index (χ1) is 8.01. The normalized spacial score (nSPS) is 11.6. The number of aliphatic carboxylic acids is 1. The maximum Gasteiger partial charge on any atom is 0.326 e. The lowest BCUT2D eigenvalue weighted by atomic mass is 10.1. The number of rotatable bonds is 8. The summed E-state index contributed by atoms with van der Waals surface area (Å²) in [7, 11) is 0. The van der Waals surface area contributed by atoms with Crippen LogP contribution in [0.3, 0.4) is 0 Å². The van der Waals surface area contributed by atoms with Crippen LogP contribution in [0.5, 0.6) is 0 Å². The van der Waals surface area contributed by atoms with Gasteiger partial charge in [0.1, 0.15) is 6.04 Å². The van der Waals surface area contributed by atoms with Gasteiger partial charge in [0.15, 0.2) is 0 Å². The van der Waals surface area contributed by atoms with Gasteiger partial charge in [-0.15, -0.1) is 0 Å². The van der Waals surface area contributed by atoms with E-state index in [1.165, 1.54) is 0 Å². The predicted molar refractivity (Wildman–Crippen MR) is 62.4 cm³/mol. The third-order valence-corrected chi connectivity index (χ3v) is 2.14. The van der Waals surface area contributed by atoms with Crippen molar-refractivity contribution in [1.29, 1.82) is 0 Å². The number of nitrogens with one attached hydrogen (secondary N) is 2. The predicted octanol–water partition coefficient (Wildman–Crippen LogP) is 0.272. The van der Waals surface area contributed by atoms with Crippen LogP contribution in [0.25, 0.3) is 0 Å². The van der Waals surface area contributed by atoms with E-state index in [0.717, 1.165) is 0 Å². The van der Waals surface area contributed by atoms with E-state index in [9.17, 15) is 14.4 Å². The highest BCUT2D eigenvalue weighted by Gasteiger charge is 2.20. The Morgan fingerprint density at radius 1 is 1.12 bits per heavy atom. The average molecular weight is 244 g/mol. The molecule has 1 atom stereocenters. The molecule has 0 spiro atoms. The summed E-state index contributed by atoms with van der Waals surface area (Å²) in [6.45, 7) is 4.14. The van der Waals surface area contributed by atoms with Gasteiger partial charge in [0.05, 0.1) is 0 Å². The van der Waals surface area contributed by atoms with Crippen LogP contribution in [0.4, 0.5) is 0 Å². The number of hydrogen-bond donors (Lipinski definition) is 3. The van der Waals surface area contributed by atoms with Crippen LogP contribution in [0.2, 0.25) is 0 Å². The first-order valence-corrected chi connectivity index (χ1v) is 5.80. The largest absolute Gasteiger partial charge is 0.480 e. The Morgan fingerprint density at radius 2 is 1.76 bits per heavy atom. The molecule has 0 radical (unpaired) electrons. The molecule has 0 heterocycles. The second-order valence-corrected chi connectivity index (χ2v) is 3.70. The fourth-order valence-corrected chi connectivity index (χ4v) is 1.31. The van der Waals surface area contributed by atoms with Gasteiger partial charge in [0, 0.05) is 19.4 Å². The van der Waals surface area contributed by atoms with Crippen LogP contribution in [0.15, 0.2) is 0 Å². The third kappa shape index (κ3) is 7.32. The molecule has 0 aliphatic carbocycles. The second kappa shape index (κ2) is 8.55. The summed E-state index contributed by atoms with van der Waals surface area (Å²) < 4.78 is 0. The van der Waals surface area contributed by atoms with E-state index in [1.54, 1.807) is 6.92 Å². The number of hydrogen-bond acceptors (Lipinski definition) is 3. The summed E-state index contributed by atoms with van der Waals surface area (Å²) in [5.74, 6) is -1.61. The van der Waals surface area contributed by atoms with Crippen molar-refractivity contribution in [2.24, 2.45) is 0 Å². The molecular formula is C11H20N2O4. The van der Waals surface area contributed by atoms with Crippen molar-refractivity contribution in [3.63, 3.8) is 0 Å². The topological polar surface area (TPSA) is 95.5 Å². The summed E-state index contributed by atoms with van der Waals surface area (Å²) in [5, 5.41) is 13.9. The molecule has 2 amide bonds. The van der Waals surface area contributed by atoms with Gasteiger partial charge >= 0.3 is 5.97 Å². The maximum atomic E-state index is 11.3. The zero-order valence-electron chi connectivity index (χ0n) is 10.3. The molecule has 6 nitrogen and oxygen atoms in total. The molecule has 6 heteroatoms. The molecular weight excluding hydrogens is 224 g/mol. The van der Waals surface area contributed by atoms with Crippen LogP contribution < -0.4 is 10.6 Å². The Labute approximate surface area is 101 Å². The van der Waals surface area contributed by atoms with E-state index in [-0.39, 0.29) is 24.7 Å². The summed E-state index contributed by atoms with van der Waals surface area (Å²) >= 11 is 0. The van der Waals surface area contributed by atoms with Crippen LogP contribution in [-0.2, 0) is 14.4 Å². The molecule has 0 saturated carbocycles. The summed E-state index contributed by atoms with van der Waals surface area (Å²) in [4.78, 5) is 33.3. The van der Waals surface area contributed by atoms with Gasteiger partial charge in [-0.05, 0) is 19.8 Å². The molecule has 0 aliphatic rings. The molecule has 0 rings (SSSR count). The molecule has 17 heavy (non-hydrogen) atoms. The van der Waals surface area contributed by atoms with Gasteiger partial charge in [-0.2, -0.15) is 0 Å².